The lowest BCUT2D eigenvalue weighted by Crippen LogP contribution is -2.49. The largest absolute Gasteiger partial charge is 0.493 e. The number of fused-ring (bicyclic) bond motifs is 1. The molecule has 1 aliphatic heterocycles. The summed E-state index contributed by atoms with van der Waals surface area (Å²) in [5.41, 5.74) is 3.36. The van der Waals surface area contributed by atoms with Crippen molar-refractivity contribution < 1.29 is 24.2 Å². The molecule has 3 aromatic rings. The Hall–Kier alpha value is -3.51. The van der Waals surface area contributed by atoms with E-state index in [2.05, 4.69) is 0 Å². The van der Waals surface area contributed by atoms with Gasteiger partial charge in [0.1, 0.15) is 12.6 Å². The predicted molar refractivity (Wildman–Crippen MR) is 125 cm³/mol. The summed E-state index contributed by atoms with van der Waals surface area (Å²) >= 11 is 5.96. The summed E-state index contributed by atoms with van der Waals surface area (Å²) in [6.07, 6.45) is 0.286. The third kappa shape index (κ3) is 5.12. The number of methoxy groups -OCH3 is 1. The van der Waals surface area contributed by atoms with Crippen molar-refractivity contribution in [1.82, 2.24) is 4.90 Å². The number of benzene rings is 3. The third-order valence-electron chi connectivity index (χ3n) is 5.76. The van der Waals surface area contributed by atoms with Crippen molar-refractivity contribution in [3.8, 4) is 11.5 Å². The Bertz CT molecular complexity index is 1150. The van der Waals surface area contributed by atoms with Crippen molar-refractivity contribution in [1.29, 1.82) is 0 Å². The van der Waals surface area contributed by atoms with Crippen molar-refractivity contribution in [3.63, 3.8) is 0 Å². The molecule has 1 heterocycles. The molecule has 0 radical (unpaired) electrons. The van der Waals surface area contributed by atoms with Gasteiger partial charge in [-0.3, -0.25) is 4.79 Å². The van der Waals surface area contributed by atoms with E-state index in [1.807, 2.05) is 48.5 Å². The van der Waals surface area contributed by atoms with E-state index >= 15 is 0 Å². The Labute approximate surface area is 197 Å². The maximum Gasteiger partial charge on any atom is 0.326 e. The van der Waals surface area contributed by atoms with E-state index in [1.54, 1.807) is 25.3 Å². The molecule has 0 saturated heterocycles. The number of carboxylic acids is 1. The van der Waals surface area contributed by atoms with Crippen LogP contribution < -0.4 is 9.47 Å². The zero-order valence-corrected chi connectivity index (χ0v) is 18.9. The summed E-state index contributed by atoms with van der Waals surface area (Å²) in [4.78, 5) is 26.6. The van der Waals surface area contributed by atoms with Gasteiger partial charge in [-0.25, -0.2) is 4.79 Å². The summed E-state index contributed by atoms with van der Waals surface area (Å²) in [6.45, 7) is 0.470. The quantitative estimate of drug-likeness (QED) is 0.555. The molecule has 0 unspecified atom stereocenters. The molecule has 4 rings (SSSR count). The van der Waals surface area contributed by atoms with Crippen LogP contribution in [-0.2, 0) is 35.6 Å². The van der Waals surface area contributed by atoms with Crippen LogP contribution in [-0.4, -0.2) is 35.0 Å². The molecule has 33 heavy (non-hydrogen) atoms. The van der Waals surface area contributed by atoms with Gasteiger partial charge in [0, 0.05) is 23.6 Å². The molecule has 1 aliphatic rings. The summed E-state index contributed by atoms with van der Waals surface area (Å²) in [5.74, 6) is -0.241. The first-order valence-corrected chi connectivity index (χ1v) is 11.0. The number of carboxylic acid groups (broad SMARTS) is 1. The lowest BCUT2D eigenvalue weighted by molar-refractivity contribution is -0.151. The second kappa shape index (κ2) is 9.96. The SMILES string of the molecule is COc1ccc2c(c1OCc1ccc(Cl)cc1)C[C@H](C(=O)O)N(C(=O)Cc1ccccc1)C2. The fourth-order valence-electron chi connectivity index (χ4n) is 4.03. The Morgan fingerprint density at radius 3 is 2.42 bits per heavy atom. The molecule has 0 aliphatic carbocycles. The van der Waals surface area contributed by atoms with Crippen molar-refractivity contribution >= 4 is 23.5 Å². The average Bonchev–Trinajstić information content (AvgIpc) is 2.83. The summed E-state index contributed by atoms with van der Waals surface area (Å²) < 4.78 is 11.6. The van der Waals surface area contributed by atoms with Gasteiger partial charge in [0.2, 0.25) is 5.91 Å². The number of carbonyl (C=O) groups is 2. The number of amides is 1. The maximum absolute atomic E-state index is 13.0. The first kappa shape index (κ1) is 22.7. The fourth-order valence-corrected chi connectivity index (χ4v) is 4.15. The molecule has 0 saturated carbocycles. The van der Waals surface area contributed by atoms with Gasteiger partial charge >= 0.3 is 5.97 Å². The van der Waals surface area contributed by atoms with Crippen molar-refractivity contribution in [2.45, 2.75) is 32.0 Å². The van der Waals surface area contributed by atoms with Crippen LogP contribution in [0.3, 0.4) is 0 Å². The van der Waals surface area contributed by atoms with E-state index in [0.29, 0.717) is 16.5 Å². The minimum Gasteiger partial charge on any atom is -0.493 e. The predicted octanol–water partition coefficient (Wildman–Crippen LogP) is 4.51. The highest BCUT2D eigenvalue weighted by molar-refractivity contribution is 6.30. The van der Waals surface area contributed by atoms with Gasteiger partial charge in [-0.15, -0.1) is 0 Å². The van der Waals surface area contributed by atoms with E-state index in [1.165, 1.54) is 4.90 Å². The fraction of sp³-hybridized carbons (Fsp3) is 0.231. The van der Waals surface area contributed by atoms with Crippen LogP contribution in [0.25, 0.3) is 0 Å². The van der Waals surface area contributed by atoms with Crippen molar-refractivity contribution in [2.24, 2.45) is 0 Å². The molecule has 1 N–H and O–H groups in total. The Morgan fingerprint density at radius 2 is 1.76 bits per heavy atom. The first-order chi connectivity index (χ1) is 16.0. The molecule has 170 valence electrons. The molecular formula is C26H24ClNO5. The normalized spacial score (nSPS) is 15.0. The first-order valence-electron chi connectivity index (χ1n) is 10.6. The summed E-state index contributed by atoms with van der Waals surface area (Å²) in [5, 5.41) is 10.6. The lowest BCUT2D eigenvalue weighted by Gasteiger charge is -2.35. The minimum atomic E-state index is -1.05. The molecule has 0 spiro atoms. The minimum absolute atomic E-state index is 0.137. The van der Waals surface area contributed by atoms with Crippen molar-refractivity contribution in [3.05, 3.63) is 94.0 Å². The van der Waals surface area contributed by atoms with Crippen LogP contribution in [0.4, 0.5) is 0 Å². The average molecular weight is 466 g/mol. The van der Waals surface area contributed by atoms with Crippen LogP contribution in [0, 0.1) is 0 Å². The summed E-state index contributed by atoms with van der Waals surface area (Å²) in [7, 11) is 1.55. The highest BCUT2D eigenvalue weighted by Crippen LogP contribution is 2.39. The van der Waals surface area contributed by atoms with Gasteiger partial charge in [0.15, 0.2) is 11.5 Å². The Balaban J connectivity index is 1.61. The van der Waals surface area contributed by atoms with Crippen LogP contribution >= 0.6 is 11.6 Å². The number of nitrogens with zero attached hydrogens (tertiary/aromatic N) is 1. The number of aliphatic carboxylic acids is 1. The maximum atomic E-state index is 13.0. The van der Waals surface area contributed by atoms with Gasteiger partial charge in [-0.1, -0.05) is 60.1 Å². The number of ether oxygens (including phenoxy) is 2. The number of halogens is 1. The van der Waals surface area contributed by atoms with E-state index in [0.717, 1.165) is 22.3 Å². The zero-order valence-electron chi connectivity index (χ0n) is 18.2. The molecule has 3 aromatic carbocycles. The summed E-state index contributed by atoms with van der Waals surface area (Å²) in [6, 6.07) is 19.3. The van der Waals surface area contributed by atoms with E-state index in [9.17, 15) is 14.7 Å². The molecule has 1 atom stereocenters. The molecule has 7 heteroatoms. The van der Waals surface area contributed by atoms with Crippen LogP contribution in [0.1, 0.15) is 22.3 Å². The van der Waals surface area contributed by atoms with Gasteiger partial charge in [0.25, 0.3) is 0 Å². The highest BCUT2D eigenvalue weighted by atomic mass is 35.5. The highest BCUT2D eigenvalue weighted by Gasteiger charge is 2.36. The third-order valence-corrected chi connectivity index (χ3v) is 6.01. The molecule has 6 nitrogen and oxygen atoms in total. The number of carbonyl (C=O) groups excluding carboxylic acids is 1. The van der Waals surface area contributed by atoms with Gasteiger partial charge in [-0.2, -0.15) is 0 Å². The lowest BCUT2D eigenvalue weighted by atomic mass is 9.92. The number of hydrogen-bond donors (Lipinski definition) is 1. The standard InChI is InChI=1S/C26H24ClNO5/c1-32-23-12-9-19-15-28(24(29)13-17-5-3-2-4-6-17)22(26(30)31)14-21(19)25(23)33-16-18-7-10-20(27)11-8-18/h2-12,22H,13-16H2,1H3,(H,30,31)/t22-/m1/s1. The molecular weight excluding hydrogens is 442 g/mol. The molecule has 0 bridgehead atoms. The zero-order chi connectivity index (χ0) is 23.4. The van der Waals surface area contributed by atoms with Gasteiger partial charge < -0.3 is 19.5 Å². The monoisotopic (exact) mass is 465 g/mol. The molecule has 0 fully saturated rings. The topological polar surface area (TPSA) is 76.1 Å². The second-order valence-electron chi connectivity index (χ2n) is 7.89. The van der Waals surface area contributed by atoms with Gasteiger partial charge in [0.05, 0.1) is 13.5 Å². The van der Waals surface area contributed by atoms with E-state index < -0.39 is 12.0 Å². The molecule has 0 aromatic heterocycles. The second-order valence-corrected chi connectivity index (χ2v) is 8.33. The van der Waals surface area contributed by atoms with Crippen LogP contribution in [0.2, 0.25) is 5.02 Å². The van der Waals surface area contributed by atoms with Crippen LogP contribution in [0.5, 0.6) is 11.5 Å². The number of hydrogen-bond acceptors (Lipinski definition) is 4. The van der Waals surface area contributed by atoms with Gasteiger partial charge in [-0.05, 0) is 34.9 Å². The molecule has 1 amide bonds. The van der Waals surface area contributed by atoms with Crippen molar-refractivity contribution in [2.75, 3.05) is 7.11 Å². The van der Waals surface area contributed by atoms with E-state index in [4.69, 9.17) is 21.1 Å². The Morgan fingerprint density at radius 1 is 1.03 bits per heavy atom. The smallest absolute Gasteiger partial charge is 0.326 e. The number of rotatable bonds is 7. The van der Waals surface area contributed by atoms with E-state index in [-0.39, 0.29) is 31.9 Å². The van der Waals surface area contributed by atoms with Crippen LogP contribution in [0.15, 0.2) is 66.7 Å². The Kier molecular flexibility index (Phi) is 6.84.